The number of carboxylic acids is 1. The predicted octanol–water partition coefficient (Wildman–Crippen LogP) is 5.56. The Hall–Kier alpha value is -2.08. The molecule has 0 spiro atoms. The highest BCUT2D eigenvalue weighted by Gasteiger charge is 2.22. The Morgan fingerprint density at radius 3 is 2.54 bits per heavy atom. The predicted molar refractivity (Wildman–Crippen MR) is 116 cm³/mol. The monoisotopic (exact) mass is 460 g/mol. The molecule has 0 saturated heterocycles. The first-order chi connectivity index (χ1) is 13.4. The number of nitrogens with one attached hydrogen (secondary N) is 1. The van der Waals surface area contributed by atoms with Crippen LogP contribution in [-0.2, 0) is 19.6 Å². The average molecular weight is 462 g/mol. The Labute approximate surface area is 178 Å². The Morgan fingerprint density at radius 1 is 1.11 bits per heavy atom. The second-order valence-electron chi connectivity index (χ2n) is 6.74. The quantitative estimate of drug-likeness (QED) is 0.484. The van der Waals surface area contributed by atoms with E-state index in [2.05, 4.69) is 21.2 Å². The molecule has 0 fully saturated rings. The molecule has 28 heavy (non-hydrogen) atoms. The molecule has 4 nitrogen and oxygen atoms in total. The number of rotatable bonds is 7. The molecule has 1 aromatic heterocycles. The molecule has 0 saturated carbocycles. The van der Waals surface area contributed by atoms with E-state index in [1.54, 1.807) is 0 Å². The fraction of sp³-hybridized carbons (Fsp3) is 0.227. The fourth-order valence-electron chi connectivity index (χ4n) is 3.47. The minimum absolute atomic E-state index is 0.374. The van der Waals surface area contributed by atoms with Crippen LogP contribution in [0.5, 0.6) is 0 Å². The van der Waals surface area contributed by atoms with E-state index in [0.717, 1.165) is 32.6 Å². The third-order valence-electron chi connectivity index (χ3n) is 4.93. The van der Waals surface area contributed by atoms with Gasteiger partial charge < -0.3 is 15.0 Å². The van der Waals surface area contributed by atoms with Gasteiger partial charge in [-0.15, -0.1) is 0 Å². The van der Waals surface area contributed by atoms with Crippen LogP contribution in [0.1, 0.15) is 38.4 Å². The molecule has 0 unspecified atom stereocenters. The summed E-state index contributed by atoms with van der Waals surface area (Å²) >= 11 is 9.64. The van der Waals surface area contributed by atoms with Gasteiger partial charge >= 0.3 is 5.97 Å². The molecule has 146 valence electrons. The van der Waals surface area contributed by atoms with Gasteiger partial charge in [-0.3, -0.25) is 0 Å². The van der Waals surface area contributed by atoms with E-state index < -0.39 is 5.97 Å². The van der Waals surface area contributed by atoms with Crippen LogP contribution >= 0.6 is 27.5 Å². The average Bonchev–Trinajstić information content (AvgIpc) is 2.88. The Balaban J connectivity index is 1.86. The van der Waals surface area contributed by atoms with Crippen molar-refractivity contribution in [1.82, 2.24) is 9.88 Å². The fourth-order valence-corrected chi connectivity index (χ4v) is 4.11. The maximum atomic E-state index is 11.9. The lowest BCUT2D eigenvalue weighted by Crippen LogP contribution is -2.16. The molecule has 0 radical (unpaired) electrons. The van der Waals surface area contributed by atoms with E-state index in [9.17, 15) is 9.90 Å². The van der Waals surface area contributed by atoms with Crippen LogP contribution in [0, 0.1) is 13.8 Å². The molecule has 2 N–H and O–H groups in total. The molecular weight excluding hydrogens is 440 g/mol. The summed E-state index contributed by atoms with van der Waals surface area (Å²) in [6.07, 6.45) is 0. The van der Waals surface area contributed by atoms with E-state index in [1.165, 1.54) is 0 Å². The Kier molecular flexibility index (Phi) is 6.60. The molecule has 6 heteroatoms. The molecule has 0 aliphatic rings. The zero-order valence-corrected chi connectivity index (χ0v) is 18.1. The maximum absolute atomic E-state index is 11.9. The summed E-state index contributed by atoms with van der Waals surface area (Å²) in [5.74, 6) is -0.900. The summed E-state index contributed by atoms with van der Waals surface area (Å²) in [5.41, 5.74) is 5.07. The lowest BCUT2D eigenvalue weighted by Gasteiger charge is -2.11. The first-order valence-electron chi connectivity index (χ1n) is 8.99. The molecule has 3 aromatic rings. The summed E-state index contributed by atoms with van der Waals surface area (Å²) in [6, 6.07) is 15.6. The largest absolute Gasteiger partial charge is 0.478 e. The molecule has 3 rings (SSSR count). The summed E-state index contributed by atoms with van der Waals surface area (Å²) in [5, 5.41) is 13.8. The molecule has 0 amide bonds. The van der Waals surface area contributed by atoms with Crippen molar-refractivity contribution in [3.05, 3.63) is 91.7 Å². The minimum Gasteiger partial charge on any atom is -0.478 e. The first kappa shape index (κ1) is 20.6. The van der Waals surface area contributed by atoms with Crippen molar-refractivity contribution >= 4 is 33.5 Å². The number of halogens is 2. The highest BCUT2D eigenvalue weighted by atomic mass is 79.9. The van der Waals surface area contributed by atoms with Crippen LogP contribution in [0.2, 0.25) is 5.02 Å². The highest BCUT2D eigenvalue weighted by Crippen LogP contribution is 2.25. The van der Waals surface area contributed by atoms with Gasteiger partial charge in [0.25, 0.3) is 0 Å². The Morgan fingerprint density at radius 2 is 1.86 bits per heavy atom. The van der Waals surface area contributed by atoms with Gasteiger partial charge in [0.2, 0.25) is 0 Å². The smallest absolute Gasteiger partial charge is 0.337 e. The molecule has 0 bridgehead atoms. The van der Waals surface area contributed by atoms with Gasteiger partial charge in [-0.2, -0.15) is 0 Å². The summed E-state index contributed by atoms with van der Waals surface area (Å²) in [7, 11) is 0. The molecule has 2 aromatic carbocycles. The third kappa shape index (κ3) is 4.49. The Bertz CT molecular complexity index is 1010. The maximum Gasteiger partial charge on any atom is 0.337 e. The van der Waals surface area contributed by atoms with E-state index in [0.29, 0.717) is 30.2 Å². The van der Waals surface area contributed by atoms with Crippen LogP contribution in [-0.4, -0.2) is 15.6 Å². The second kappa shape index (κ2) is 8.95. The SMILES string of the molecule is Cc1c(CNCc2ccccc2Br)c(C(=O)O)c(C)n1Cc1cccc(Cl)c1. The normalized spacial score (nSPS) is 11.0. The van der Waals surface area contributed by atoms with Crippen molar-refractivity contribution in [2.45, 2.75) is 33.5 Å². The topological polar surface area (TPSA) is 54.3 Å². The molecule has 1 heterocycles. The van der Waals surface area contributed by atoms with Gasteiger partial charge in [0.15, 0.2) is 0 Å². The van der Waals surface area contributed by atoms with Gasteiger partial charge in [0.05, 0.1) is 5.56 Å². The van der Waals surface area contributed by atoms with E-state index in [-0.39, 0.29) is 0 Å². The number of hydrogen-bond acceptors (Lipinski definition) is 2. The standard InChI is InChI=1S/C22H22BrClN2O2/c1-14-19(12-25-11-17-7-3-4-9-20(17)23)21(22(27)28)15(2)26(14)13-16-6-5-8-18(24)10-16/h3-10,25H,11-13H2,1-2H3,(H,27,28). The number of benzene rings is 2. The van der Waals surface area contributed by atoms with Gasteiger partial charge in [-0.05, 0) is 43.2 Å². The zero-order valence-electron chi connectivity index (χ0n) is 15.8. The molecule has 0 aliphatic heterocycles. The number of hydrogen-bond donors (Lipinski definition) is 2. The van der Waals surface area contributed by atoms with Crippen molar-refractivity contribution < 1.29 is 9.90 Å². The second-order valence-corrected chi connectivity index (χ2v) is 8.03. The highest BCUT2D eigenvalue weighted by molar-refractivity contribution is 9.10. The van der Waals surface area contributed by atoms with Gasteiger partial charge in [0.1, 0.15) is 0 Å². The summed E-state index contributed by atoms with van der Waals surface area (Å²) in [6.45, 7) is 5.55. The van der Waals surface area contributed by atoms with Crippen molar-refractivity contribution in [2.24, 2.45) is 0 Å². The van der Waals surface area contributed by atoms with Gasteiger partial charge in [0, 0.05) is 46.1 Å². The van der Waals surface area contributed by atoms with Crippen molar-refractivity contribution in [1.29, 1.82) is 0 Å². The lowest BCUT2D eigenvalue weighted by atomic mass is 10.1. The van der Waals surface area contributed by atoms with Gasteiger partial charge in [-0.1, -0.05) is 57.9 Å². The number of aromatic carboxylic acids is 1. The van der Waals surface area contributed by atoms with Crippen LogP contribution in [0.3, 0.4) is 0 Å². The van der Waals surface area contributed by atoms with Crippen molar-refractivity contribution in [2.75, 3.05) is 0 Å². The third-order valence-corrected chi connectivity index (χ3v) is 5.94. The van der Waals surface area contributed by atoms with E-state index in [4.69, 9.17) is 11.6 Å². The number of carboxylic acid groups (broad SMARTS) is 1. The lowest BCUT2D eigenvalue weighted by molar-refractivity contribution is 0.0694. The first-order valence-corrected chi connectivity index (χ1v) is 10.2. The van der Waals surface area contributed by atoms with Crippen molar-refractivity contribution in [3.63, 3.8) is 0 Å². The molecule has 0 atom stereocenters. The van der Waals surface area contributed by atoms with Crippen LogP contribution in [0.25, 0.3) is 0 Å². The van der Waals surface area contributed by atoms with Crippen molar-refractivity contribution in [3.8, 4) is 0 Å². The summed E-state index contributed by atoms with van der Waals surface area (Å²) in [4.78, 5) is 11.9. The van der Waals surface area contributed by atoms with Crippen LogP contribution in [0.15, 0.2) is 53.0 Å². The zero-order chi connectivity index (χ0) is 20.3. The number of nitrogens with zero attached hydrogens (tertiary/aromatic N) is 1. The molecule has 0 aliphatic carbocycles. The van der Waals surface area contributed by atoms with E-state index in [1.807, 2.05) is 66.9 Å². The number of aromatic nitrogens is 1. The summed E-state index contributed by atoms with van der Waals surface area (Å²) < 4.78 is 3.08. The van der Waals surface area contributed by atoms with Crippen LogP contribution < -0.4 is 5.32 Å². The van der Waals surface area contributed by atoms with Gasteiger partial charge in [-0.25, -0.2) is 4.79 Å². The minimum atomic E-state index is -0.900. The van der Waals surface area contributed by atoms with Crippen LogP contribution in [0.4, 0.5) is 0 Å². The molecular formula is C22H22BrClN2O2. The number of carbonyl (C=O) groups is 1. The van der Waals surface area contributed by atoms with E-state index >= 15 is 0 Å².